The zero-order valence-corrected chi connectivity index (χ0v) is 54.8. The number of methoxy groups -OCH3 is 4. The first-order valence-electron chi connectivity index (χ1n) is 29.0. The molecule has 2 unspecified atom stereocenters. The number of aliphatic hydroxyl groups excluding tert-OH is 3. The normalized spacial score (nSPS) is 11.7. The second-order valence-corrected chi connectivity index (χ2v) is 22.7. The Kier molecular flexibility index (Phi) is 46.4. The van der Waals surface area contributed by atoms with Crippen molar-refractivity contribution in [3.63, 3.8) is 0 Å². The summed E-state index contributed by atoms with van der Waals surface area (Å²) in [6, 6.07) is 4.55. The first kappa shape index (κ1) is 85.4. The third kappa shape index (κ3) is 37.2. The van der Waals surface area contributed by atoms with E-state index in [1.807, 2.05) is 0 Å². The number of nitro benzene ring substituents is 2. The van der Waals surface area contributed by atoms with Crippen molar-refractivity contribution < 1.29 is 111 Å². The van der Waals surface area contributed by atoms with E-state index in [0.29, 0.717) is 48.6 Å². The number of carbonyl (C=O) groups is 6. The summed E-state index contributed by atoms with van der Waals surface area (Å²) in [5, 5.41) is 61.1. The molecule has 0 saturated carbocycles. The van der Waals surface area contributed by atoms with Gasteiger partial charge in [0.1, 0.15) is 18.2 Å². The van der Waals surface area contributed by atoms with Crippen LogP contribution < -0.4 is 45.9 Å². The molecule has 0 spiro atoms. The van der Waals surface area contributed by atoms with Gasteiger partial charge >= 0.3 is 18.0 Å². The average Bonchev–Trinajstić information content (AvgIpc) is 0.861. The maximum absolute atomic E-state index is 12.3. The lowest BCUT2D eigenvalue weighted by molar-refractivity contribution is -0.385. The molecule has 0 fully saturated rings. The van der Waals surface area contributed by atoms with Gasteiger partial charge in [0.05, 0.1) is 154 Å². The highest BCUT2D eigenvalue weighted by Gasteiger charge is 2.33. The number of ether oxygens (including phenoxy) is 12. The van der Waals surface area contributed by atoms with Crippen molar-refractivity contribution in [2.45, 2.75) is 84.0 Å². The maximum atomic E-state index is 12.3. The molecule has 0 aliphatic heterocycles. The fourth-order valence-electron chi connectivity index (χ4n) is 7.51. The largest absolute Gasteiger partial charge is 0.493 e. The predicted octanol–water partition coefficient (Wildman–Crippen LogP) is 2.86. The van der Waals surface area contributed by atoms with Gasteiger partial charge in [0, 0.05) is 73.2 Å². The van der Waals surface area contributed by atoms with Crippen LogP contribution in [0.2, 0.25) is 0 Å². The fourth-order valence-corrected chi connectivity index (χ4v) is 9.60. The molecule has 0 aromatic heterocycles. The third-order valence-corrected chi connectivity index (χ3v) is 14.2. The molecule has 2 aromatic rings. The topological polar surface area (TPSA) is 434 Å². The molecule has 34 heteroatoms. The molecule has 2 atom stereocenters. The van der Waals surface area contributed by atoms with Crippen LogP contribution in [-0.2, 0) is 73.4 Å². The van der Waals surface area contributed by atoms with Crippen molar-refractivity contribution in [3.8, 4) is 23.0 Å². The number of aliphatic hydroxyl groups is 3. The van der Waals surface area contributed by atoms with E-state index < -0.39 is 39.0 Å². The molecule has 0 heterocycles. The first-order chi connectivity index (χ1) is 43.5. The van der Waals surface area contributed by atoms with E-state index in [0.717, 1.165) is 0 Å². The van der Waals surface area contributed by atoms with Crippen molar-refractivity contribution >= 4 is 70.7 Å². The lowest BCUT2D eigenvalue weighted by atomic mass is 9.92. The zero-order chi connectivity index (χ0) is 68.0. The molecule has 2 aromatic carbocycles. The predicted molar refractivity (Wildman–Crippen MR) is 340 cm³/mol. The highest BCUT2D eigenvalue weighted by atomic mass is 32.2. The van der Waals surface area contributed by atoms with Gasteiger partial charge in [-0.2, -0.15) is 23.5 Å². The van der Waals surface area contributed by atoms with Crippen LogP contribution in [0.4, 0.5) is 16.2 Å². The summed E-state index contributed by atoms with van der Waals surface area (Å²) in [5.41, 5.74) is 4.22. The summed E-state index contributed by atoms with van der Waals surface area (Å²) in [4.78, 5) is 94.3. The molecule has 0 aliphatic carbocycles. The minimum absolute atomic E-state index is 0. The van der Waals surface area contributed by atoms with Gasteiger partial charge < -0.3 is 99.2 Å². The fraction of sp³-hybridized carbons (Fsp3) is 0.690. The number of nitrogens with one attached hydrogen (secondary N) is 4. The van der Waals surface area contributed by atoms with Gasteiger partial charge in [-0.3, -0.25) is 39.4 Å². The molecule has 526 valence electrons. The minimum atomic E-state index is -1.02. The summed E-state index contributed by atoms with van der Waals surface area (Å²) in [6.07, 6.45) is 0.262. The highest BCUT2D eigenvalue weighted by molar-refractivity contribution is 7.98. The molecule has 4 amide bonds. The monoisotopic (exact) mass is 1360 g/mol. The van der Waals surface area contributed by atoms with Gasteiger partial charge in [0.15, 0.2) is 23.0 Å². The van der Waals surface area contributed by atoms with Crippen LogP contribution in [0.15, 0.2) is 24.3 Å². The molecular weight excluding hydrogens is 1260 g/mol. The van der Waals surface area contributed by atoms with E-state index in [1.165, 1.54) is 76.2 Å². The number of rotatable bonds is 49. The number of hydrogen-bond acceptors (Lipinski definition) is 28. The van der Waals surface area contributed by atoms with Crippen LogP contribution >= 0.6 is 23.5 Å². The van der Waals surface area contributed by atoms with E-state index in [-0.39, 0.29) is 208 Å². The maximum Gasteiger partial charge on any atom is 0.408 e. The number of carbonyl (C=O) groups excluding carboxylic acids is 6. The standard InChI is InChI=1S/C34H57N3O16S.C23H36N4O9S.CH4/c1-26(33(43)47-3)20-54-21-27-17-29(46-2)30(18-28(27)37(44)45)53-11-4-5-31(41)35-6-7-36-32(42)19-48-15-16-52-25-34(22-49-12-8-38,23-50-13-9-39)24-51-14-10-40;1-23(2,3)36-22(30)26-16(21(29)34-5)14-37-13-15-11-18(33-4)19(12-17(15)27(31)32)35-10-6-7-20(28)25-9-8-24;/h17-18,26,38-40H,4-16,19-25H2,1-3H3,(H,35,41)(H,36,42);11-12,16H,6-10,13-14,24H2,1-5H3,(H,25,28)(H,26,30);1H4. The Bertz CT molecular complexity index is 2470. The molecule has 0 radical (unpaired) electrons. The van der Waals surface area contributed by atoms with Crippen molar-refractivity contribution in [1.82, 2.24) is 21.3 Å². The number of esters is 2. The van der Waals surface area contributed by atoms with Crippen molar-refractivity contribution in [2.75, 3.05) is 165 Å². The lowest BCUT2D eigenvalue weighted by Gasteiger charge is -2.32. The number of hydrogen-bond donors (Lipinski definition) is 8. The van der Waals surface area contributed by atoms with E-state index >= 15 is 0 Å². The number of alkyl carbamates (subject to hydrolysis) is 1. The molecule has 0 saturated heterocycles. The Morgan fingerprint density at radius 1 is 0.587 bits per heavy atom. The summed E-state index contributed by atoms with van der Waals surface area (Å²) in [7, 11) is 5.32. The Balaban J connectivity index is 0.00000191. The molecule has 92 heavy (non-hydrogen) atoms. The van der Waals surface area contributed by atoms with Crippen molar-refractivity contribution in [1.29, 1.82) is 0 Å². The number of benzene rings is 2. The van der Waals surface area contributed by atoms with Gasteiger partial charge in [-0.15, -0.1) is 0 Å². The minimum Gasteiger partial charge on any atom is -0.493 e. The van der Waals surface area contributed by atoms with Crippen molar-refractivity contribution in [3.05, 3.63) is 55.6 Å². The number of thioether (sulfide) groups is 2. The quantitative estimate of drug-likeness (QED) is 0.0155. The van der Waals surface area contributed by atoms with Crippen molar-refractivity contribution in [2.24, 2.45) is 17.1 Å². The SMILES string of the molecule is C.COC(=O)C(C)CSCc1cc(OC)c(OCCCC(=O)NCCNC(=O)COCCOCC(COCCO)(COCCO)COCCO)cc1[N+](=O)[O-].COC(=O)C(CSCc1cc(OC)c(OCCCC(=O)NCCN)cc1[N+](=O)[O-])NC(=O)OC(C)(C)C. The Morgan fingerprint density at radius 3 is 1.42 bits per heavy atom. The first-order valence-corrected chi connectivity index (χ1v) is 31.3. The second kappa shape index (κ2) is 50.0. The van der Waals surface area contributed by atoms with Crippen LogP contribution in [0.1, 0.15) is 71.9 Å². The van der Waals surface area contributed by atoms with E-state index in [1.54, 1.807) is 27.7 Å². The van der Waals surface area contributed by atoms with Crippen LogP contribution in [0, 0.1) is 31.6 Å². The van der Waals surface area contributed by atoms with E-state index in [9.17, 15) is 49.0 Å². The molecule has 0 bridgehead atoms. The van der Waals surface area contributed by atoms with Crippen LogP contribution in [0.3, 0.4) is 0 Å². The molecule has 2 rings (SSSR count). The summed E-state index contributed by atoms with van der Waals surface area (Å²) in [5.74, 6) is -0.374. The van der Waals surface area contributed by atoms with Gasteiger partial charge in [-0.05, 0) is 45.7 Å². The summed E-state index contributed by atoms with van der Waals surface area (Å²) in [6.45, 7) is 8.46. The smallest absolute Gasteiger partial charge is 0.408 e. The van der Waals surface area contributed by atoms with Gasteiger partial charge in [0.2, 0.25) is 17.7 Å². The summed E-state index contributed by atoms with van der Waals surface area (Å²) < 4.78 is 64.3. The van der Waals surface area contributed by atoms with Gasteiger partial charge in [-0.25, -0.2) is 9.59 Å². The Hall–Kier alpha value is -6.60. The molecule has 32 nitrogen and oxygen atoms in total. The number of amides is 4. The average molecular weight is 1360 g/mol. The third-order valence-electron chi connectivity index (χ3n) is 11.9. The molecular formula is C58H97N7O25S2. The Labute approximate surface area is 545 Å². The summed E-state index contributed by atoms with van der Waals surface area (Å²) >= 11 is 2.54. The van der Waals surface area contributed by atoms with E-state index in [2.05, 4.69) is 21.3 Å². The van der Waals surface area contributed by atoms with Crippen LogP contribution in [0.25, 0.3) is 0 Å². The number of nitro groups is 2. The molecule has 0 aliphatic rings. The second-order valence-electron chi connectivity index (χ2n) is 20.6. The van der Waals surface area contributed by atoms with Crippen LogP contribution in [-0.4, -0.2) is 238 Å². The molecule has 9 N–H and O–H groups in total. The van der Waals surface area contributed by atoms with E-state index in [4.69, 9.17) is 77.9 Å². The Morgan fingerprint density at radius 2 is 1.01 bits per heavy atom. The van der Waals surface area contributed by atoms with Crippen LogP contribution in [0.5, 0.6) is 23.0 Å². The van der Waals surface area contributed by atoms with Gasteiger partial charge in [0.25, 0.3) is 11.4 Å². The van der Waals surface area contributed by atoms with Gasteiger partial charge in [-0.1, -0.05) is 14.4 Å². The highest BCUT2D eigenvalue weighted by Crippen LogP contribution is 2.38. The number of nitrogens with two attached hydrogens (primary N) is 1. The zero-order valence-electron chi connectivity index (χ0n) is 53.2. The lowest BCUT2D eigenvalue weighted by Crippen LogP contribution is -2.45. The number of nitrogens with zero attached hydrogens (tertiary/aromatic N) is 2.